The van der Waals surface area contributed by atoms with Gasteiger partial charge in [-0.2, -0.15) is 0 Å². The smallest absolute Gasteiger partial charge is 0.168 e. The van der Waals surface area contributed by atoms with Crippen molar-refractivity contribution in [3.63, 3.8) is 0 Å². The molecule has 4 aliphatic carbocycles. The van der Waals surface area contributed by atoms with E-state index in [1.54, 1.807) is 0 Å². The lowest BCUT2D eigenvalue weighted by Gasteiger charge is -2.63. The molecule has 0 aromatic rings. The first-order valence-corrected chi connectivity index (χ1v) is 13.0. The molecule has 5 fully saturated rings. The molecule has 4 saturated carbocycles. The van der Waals surface area contributed by atoms with Gasteiger partial charge in [-0.1, -0.05) is 33.0 Å². The largest absolute Gasteiger partial charge is 0.381 e. The Kier molecular flexibility index (Phi) is 5.45. The van der Waals surface area contributed by atoms with Gasteiger partial charge in [-0.3, -0.25) is 0 Å². The Morgan fingerprint density at radius 1 is 0.967 bits per heavy atom. The molecule has 0 aromatic carbocycles. The van der Waals surface area contributed by atoms with Crippen LogP contribution in [-0.2, 0) is 14.2 Å². The maximum absolute atomic E-state index is 6.48. The van der Waals surface area contributed by atoms with E-state index in [-0.39, 0.29) is 11.2 Å². The fourth-order valence-corrected chi connectivity index (χ4v) is 8.71. The van der Waals surface area contributed by atoms with Gasteiger partial charge in [0.2, 0.25) is 0 Å². The Morgan fingerprint density at radius 3 is 2.47 bits per heavy atom. The molecule has 170 valence electrons. The van der Waals surface area contributed by atoms with Crippen molar-refractivity contribution in [1.82, 2.24) is 0 Å². The molecule has 4 heteroatoms. The second-order valence-corrected chi connectivity index (χ2v) is 12.8. The predicted molar refractivity (Wildman–Crippen MR) is 124 cm³/mol. The average molecular weight is 435 g/mol. The van der Waals surface area contributed by atoms with Crippen LogP contribution in [0.4, 0.5) is 0 Å². The Morgan fingerprint density at radius 2 is 1.73 bits per heavy atom. The number of ether oxygens (including phenoxy) is 3. The van der Waals surface area contributed by atoms with Crippen LogP contribution in [0.5, 0.6) is 0 Å². The van der Waals surface area contributed by atoms with Gasteiger partial charge in [-0.25, -0.2) is 0 Å². The van der Waals surface area contributed by atoms with Crippen LogP contribution in [0, 0.1) is 39.9 Å². The molecule has 5 rings (SSSR count). The predicted octanol–water partition coefficient (Wildman–Crippen LogP) is 6.18. The molecule has 6 atom stereocenters. The van der Waals surface area contributed by atoms with Gasteiger partial charge in [0.25, 0.3) is 0 Å². The van der Waals surface area contributed by atoms with Crippen LogP contribution < -0.4 is 0 Å². The lowest BCUT2D eigenvalue weighted by Crippen LogP contribution is -2.61. The molecule has 1 heterocycles. The maximum atomic E-state index is 6.48. The number of hydrogen-bond acceptors (Lipinski definition) is 4. The van der Waals surface area contributed by atoms with Gasteiger partial charge in [-0.15, -0.1) is 0 Å². The number of hydrogen-bond donors (Lipinski definition) is 0. The summed E-state index contributed by atoms with van der Waals surface area (Å²) >= 11 is 5.88. The van der Waals surface area contributed by atoms with Crippen molar-refractivity contribution < 1.29 is 14.2 Å². The molecule has 30 heavy (non-hydrogen) atoms. The standard InChI is InChI=1S/C26H42O3S/c1-5-27-17-25-12-13-26(28-15-23(2,3)16-29-26)14-18(25)6-7-19-20-8-9-22(30)24(20,4)11-10-21(19)25/h18-21H,5-17H2,1-4H3/t18-,19+,20+,21+,24+,25-/m1/s1. The molecular weight excluding hydrogens is 392 g/mol. The monoisotopic (exact) mass is 434 g/mol. The summed E-state index contributed by atoms with van der Waals surface area (Å²) in [7, 11) is 0. The highest BCUT2D eigenvalue weighted by molar-refractivity contribution is 7.80. The minimum Gasteiger partial charge on any atom is -0.381 e. The molecule has 0 aromatic heterocycles. The van der Waals surface area contributed by atoms with Crippen LogP contribution in [0.1, 0.15) is 85.5 Å². The van der Waals surface area contributed by atoms with Crippen LogP contribution in [0.15, 0.2) is 0 Å². The average Bonchev–Trinajstić information content (AvgIpc) is 3.04. The van der Waals surface area contributed by atoms with Crippen molar-refractivity contribution in [1.29, 1.82) is 0 Å². The lowest BCUT2D eigenvalue weighted by atomic mass is 9.44. The summed E-state index contributed by atoms with van der Waals surface area (Å²) in [5, 5.41) is 0. The molecule has 5 aliphatic rings. The van der Waals surface area contributed by atoms with Gasteiger partial charge >= 0.3 is 0 Å². The second kappa shape index (κ2) is 7.50. The van der Waals surface area contributed by atoms with Crippen molar-refractivity contribution >= 4 is 17.1 Å². The summed E-state index contributed by atoms with van der Waals surface area (Å²) in [6, 6.07) is 0. The quantitative estimate of drug-likeness (QED) is 0.495. The zero-order chi connectivity index (χ0) is 21.2. The van der Waals surface area contributed by atoms with Gasteiger partial charge < -0.3 is 14.2 Å². The van der Waals surface area contributed by atoms with Crippen molar-refractivity contribution in [2.45, 2.75) is 91.3 Å². The van der Waals surface area contributed by atoms with Crippen molar-refractivity contribution in [3.05, 3.63) is 0 Å². The van der Waals surface area contributed by atoms with Crippen LogP contribution in [-0.4, -0.2) is 37.1 Å². The van der Waals surface area contributed by atoms with E-state index in [1.807, 2.05) is 0 Å². The Hall–Kier alpha value is -0.0300. The number of rotatable bonds is 3. The van der Waals surface area contributed by atoms with Crippen LogP contribution >= 0.6 is 12.2 Å². The van der Waals surface area contributed by atoms with Gasteiger partial charge in [0.05, 0.1) is 19.8 Å². The van der Waals surface area contributed by atoms with E-state index in [2.05, 4.69) is 27.7 Å². The third kappa shape index (κ3) is 3.26. The third-order valence-electron chi connectivity index (χ3n) is 10.1. The zero-order valence-corrected chi connectivity index (χ0v) is 20.5. The SMILES string of the molecule is CCOC[C@]12CCC3(C[C@H]1CC[C@@H]1[C@@H]2CC[C@]2(C)C(=S)CC[C@@H]12)OCC(C)(C)CO3. The molecule has 0 radical (unpaired) electrons. The maximum Gasteiger partial charge on any atom is 0.168 e. The molecule has 0 N–H and O–H groups in total. The van der Waals surface area contributed by atoms with Gasteiger partial charge in [0.1, 0.15) is 0 Å². The van der Waals surface area contributed by atoms with Gasteiger partial charge in [0.15, 0.2) is 5.79 Å². The first-order valence-electron chi connectivity index (χ1n) is 12.6. The summed E-state index contributed by atoms with van der Waals surface area (Å²) in [4.78, 5) is 1.38. The molecule has 1 aliphatic heterocycles. The van der Waals surface area contributed by atoms with E-state index in [9.17, 15) is 0 Å². The normalized spacial score (nSPS) is 46.9. The van der Waals surface area contributed by atoms with Crippen LogP contribution in [0.3, 0.4) is 0 Å². The fraction of sp³-hybridized carbons (Fsp3) is 0.962. The van der Waals surface area contributed by atoms with E-state index in [0.29, 0.717) is 16.7 Å². The summed E-state index contributed by atoms with van der Waals surface area (Å²) in [6.07, 6.45) is 11.1. The van der Waals surface area contributed by atoms with Crippen molar-refractivity contribution in [2.75, 3.05) is 26.4 Å². The van der Waals surface area contributed by atoms with Crippen LogP contribution in [0.25, 0.3) is 0 Å². The zero-order valence-electron chi connectivity index (χ0n) is 19.6. The first-order chi connectivity index (χ1) is 14.2. The van der Waals surface area contributed by atoms with Crippen molar-refractivity contribution in [3.8, 4) is 0 Å². The summed E-state index contributed by atoms with van der Waals surface area (Å²) in [6.45, 7) is 12.5. The van der Waals surface area contributed by atoms with Gasteiger partial charge in [0, 0.05) is 35.7 Å². The van der Waals surface area contributed by atoms with E-state index in [0.717, 1.165) is 57.0 Å². The number of thiocarbonyl (C=S) groups is 1. The highest BCUT2D eigenvalue weighted by Crippen LogP contribution is 2.67. The molecule has 1 saturated heterocycles. The molecule has 0 amide bonds. The molecule has 1 spiro atoms. The lowest BCUT2D eigenvalue weighted by molar-refractivity contribution is -0.333. The molecule has 0 unspecified atom stereocenters. The van der Waals surface area contributed by atoms with E-state index in [1.165, 1.54) is 49.8 Å². The Labute approximate surface area is 189 Å². The summed E-state index contributed by atoms with van der Waals surface area (Å²) in [5.74, 6) is 2.77. The minimum absolute atomic E-state index is 0.136. The summed E-state index contributed by atoms with van der Waals surface area (Å²) < 4.78 is 19.2. The van der Waals surface area contributed by atoms with E-state index in [4.69, 9.17) is 26.4 Å². The van der Waals surface area contributed by atoms with Gasteiger partial charge in [-0.05, 0) is 80.4 Å². The van der Waals surface area contributed by atoms with E-state index >= 15 is 0 Å². The highest BCUT2D eigenvalue weighted by Gasteiger charge is 2.63. The second-order valence-electron chi connectivity index (χ2n) is 12.3. The highest BCUT2D eigenvalue weighted by atomic mass is 32.1. The first kappa shape index (κ1) is 21.8. The fourth-order valence-electron chi connectivity index (χ4n) is 8.34. The van der Waals surface area contributed by atoms with Crippen LogP contribution in [0.2, 0.25) is 0 Å². The number of fused-ring (bicyclic) bond motifs is 5. The van der Waals surface area contributed by atoms with E-state index < -0.39 is 0 Å². The molecular formula is C26H42O3S. The minimum atomic E-state index is -0.332. The Balaban J connectivity index is 1.41. The third-order valence-corrected chi connectivity index (χ3v) is 10.8. The molecule has 0 bridgehead atoms. The van der Waals surface area contributed by atoms with Crippen molar-refractivity contribution in [2.24, 2.45) is 39.9 Å². The summed E-state index contributed by atoms with van der Waals surface area (Å²) in [5.41, 5.74) is 0.778. The molecule has 3 nitrogen and oxygen atoms in total. The Bertz CT molecular complexity index is 680. The topological polar surface area (TPSA) is 27.7 Å².